The maximum absolute atomic E-state index is 12.0. The summed E-state index contributed by atoms with van der Waals surface area (Å²) in [6, 6.07) is 10.6. The Morgan fingerprint density at radius 1 is 1.24 bits per heavy atom. The van der Waals surface area contributed by atoms with E-state index in [1.165, 1.54) is 25.5 Å². The third kappa shape index (κ3) is 5.57. The molecule has 2 aliphatic heterocycles. The van der Waals surface area contributed by atoms with Gasteiger partial charge in [0.1, 0.15) is 12.7 Å². The van der Waals surface area contributed by atoms with Gasteiger partial charge in [0.15, 0.2) is 0 Å². The lowest BCUT2D eigenvalue weighted by molar-refractivity contribution is -0.208. The number of aryl methyl sites for hydroxylation is 1. The van der Waals surface area contributed by atoms with Crippen LogP contribution in [0.5, 0.6) is 0 Å². The molecule has 1 aromatic carbocycles. The molecule has 2 heterocycles. The van der Waals surface area contributed by atoms with Crippen molar-refractivity contribution in [3.8, 4) is 0 Å². The molecule has 2 atom stereocenters. The Labute approximate surface area is 174 Å². The molecular weight excluding hydrogens is 368 g/mol. The summed E-state index contributed by atoms with van der Waals surface area (Å²) in [5, 5.41) is 14.1. The van der Waals surface area contributed by atoms with Gasteiger partial charge in [0.05, 0.1) is 11.1 Å². The fourth-order valence-electron chi connectivity index (χ4n) is 4.76. The maximum atomic E-state index is 12.0. The number of aliphatic hydroxyl groups excluding tert-OH is 1. The molecule has 29 heavy (non-hydrogen) atoms. The largest absolute Gasteiger partial charge is 0.388 e. The number of carbonyl (C=O) groups is 1. The van der Waals surface area contributed by atoms with Gasteiger partial charge in [0, 0.05) is 26.8 Å². The summed E-state index contributed by atoms with van der Waals surface area (Å²) >= 11 is 0. The molecule has 0 radical (unpaired) electrons. The Balaban J connectivity index is 1.46. The molecule has 2 aliphatic rings. The highest BCUT2D eigenvalue weighted by Crippen LogP contribution is 2.40. The molecule has 0 aliphatic carbocycles. The van der Waals surface area contributed by atoms with Crippen LogP contribution in [0.3, 0.4) is 0 Å². The highest BCUT2D eigenvalue weighted by atomic mass is 16.5. The first-order valence-corrected chi connectivity index (χ1v) is 10.9. The van der Waals surface area contributed by atoms with Crippen LogP contribution in [0, 0.1) is 0 Å². The third-order valence-electron chi connectivity index (χ3n) is 6.55. The molecule has 0 aromatic heterocycles. The van der Waals surface area contributed by atoms with Gasteiger partial charge >= 0.3 is 0 Å². The van der Waals surface area contributed by atoms with E-state index in [1.807, 2.05) is 6.92 Å². The van der Waals surface area contributed by atoms with Crippen LogP contribution in [-0.4, -0.2) is 73.1 Å². The van der Waals surface area contributed by atoms with Gasteiger partial charge in [-0.05, 0) is 57.6 Å². The zero-order valence-corrected chi connectivity index (χ0v) is 17.9. The molecular formula is C23H36N2O4. The summed E-state index contributed by atoms with van der Waals surface area (Å²) in [5.74, 6) is -0.193. The number of methoxy groups -OCH3 is 1. The Hall–Kier alpha value is -1.47. The van der Waals surface area contributed by atoms with Gasteiger partial charge in [0.2, 0.25) is 5.91 Å². The van der Waals surface area contributed by atoms with Crippen molar-refractivity contribution >= 4 is 5.91 Å². The molecule has 1 amide bonds. The van der Waals surface area contributed by atoms with E-state index in [9.17, 15) is 9.90 Å². The average molecular weight is 405 g/mol. The lowest BCUT2D eigenvalue weighted by Crippen LogP contribution is -2.69. The van der Waals surface area contributed by atoms with Crippen molar-refractivity contribution in [1.82, 2.24) is 10.2 Å². The van der Waals surface area contributed by atoms with Crippen molar-refractivity contribution in [1.29, 1.82) is 0 Å². The predicted octanol–water partition coefficient (Wildman–Crippen LogP) is 2.15. The third-order valence-corrected chi connectivity index (χ3v) is 6.55. The molecule has 3 rings (SSSR count). The molecule has 1 spiro atoms. The number of piperidine rings is 1. The number of ether oxygens (including phenoxy) is 2. The van der Waals surface area contributed by atoms with Gasteiger partial charge in [-0.2, -0.15) is 0 Å². The highest BCUT2D eigenvalue weighted by molar-refractivity contribution is 5.78. The van der Waals surface area contributed by atoms with Crippen molar-refractivity contribution in [2.45, 2.75) is 62.7 Å². The summed E-state index contributed by atoms with van der Waals surface area (Å²) < 4.78 is 11.0. The minimum absolute atomic E-state index is 0.00687. The van der Waals surface area contributed by atoms with Gasteiger partial charge in [0.25, 0.3) is 0 Å². The Morgan fingerprint density at radius 2 is 1.97 bits per heavy atom. The Morgan fingerprint density at radius 3 is 2.66 bits per heavy atom. The summed E-state index contributed by atoms with van der Waals surface area (Å²) in [6.45, 7) is 5.41. The lowest BCUT2D eigenvalue weighted by atomic mass is 9.73. The number of likely N-dealkylation sites (tertiary alicyclic amines) is 1. The van der Waals surface area contributed by atoms with E-state index in [2.05, 4.69) is 40.5 Å². The second-order valence-electron chi connectivity index (χ2n) is 8.75. The maximum Gasteiger partial charge on any atom is 0.246 e. The van der Waals surface area contributed by atoms with Crippen LogP contribution in [0.4, 0.5) is 0 Å². The number of hydrogen-bond donors (Lipinski definition) is 2. The van der Waals surface area contributed by atoms with E-state index in [-0.39, 0.29) is 12.5 Å². The van der Waals surface area contributed by atoms with Crippen molar-refractivity contribution in [3.05, 3.63) is 35.9 Å². The van der Waals surface area contributed by atoms with Crippen LogP contribution in [-0.2, 0) is 20.7 Å². The minimum atomic E-state index is -0.718. The minimum Gasteiger partial charge on any atom is -0.388 e. The molecule has 0 unspecified atom stereocenters. The smallest absolute Gasteiger partial charge is 0.246 e. The number of benzene rings is 1. The van der Waals surface area contributed by atoms with Crippen molar-refractivity contribution in [3.63, 3.8) is 0 Å². The quantitative estimate of drug-likeness (QED) is 0.650. The van der Waals surface area contributed by atoms with Crippen molar-refractivity contribution < 1.29 is 19.4 Å². The van der Waals surface area contributed by atoms with Crippen molar-refractivity contribution in [2.75, 3.05) is 40.0 Å². The second kappa shape index (κ2) is 10.0. The number of carbonyl (C=O) groups excluding carboxylic acids is 1. The van der Waals surface area contributed by atoms with Gasteiger partial charge in [-0.1, -0.05) is 30.3 Å². The summed E-state index contributed by atoms with van der Waals surface area (Å²) in [6.07, 6.45) is 4.97. The normalized spacial score (nSPS) is 27.1. The zero-order valence-electron chi connectivity index (χ0n) is 17.9. The molecule has 1 aromatic rings. The molecule has 6 heteroatoms. The van der Waals surface area contributed by atoms with E-state index in [0.717, 1.165) is 38.9 Å². The number of aliphatic hydroxyl groups is 1. The fourth-order valence-corrected chi connectivity index (χ4v) is 4.76. The van der Waals surface area contributed by atoms with Crippen LogP contribution in [0.25, 0.3) is 0 Å². The number of unbranched alkanes of at least 4 members (excludes halogenated alkanes) is 1. The van der Waals surface area contributed by atoms with Gasteiger partial charge in [-0.3, -0.25) is 4.79 Å². The molecule has 0 bridgehead atoms. The zero-order chi connectivity index (χ0) is 20.7. The molecule has 6 nitrogen and oxygen atoms in total. The number of amides is 1. The van der Waals surface area contributed by atoms with E-state index < -0.39 is 17.2 Å². The first-order valence-electron chi connectivity index (χ1n) is 10.9. The first-order chi connectivity index (χ1) is 14.0. The Kier molecular flexibility index (Phi) is 7.68. The monoisotopic (exact) mass is 404 g/mol. The number of hydrogen-bond acceptors (Lipinski definition) is 5. The van der Waals surface area contributed by atoms with Crippen LogP contribution < -0.4 is 5.32 Å². The second-order valence-corrected chi connectivity index (χ2v) is 8.75. The molecule has 2 fully saturated rings. The molecule has 2 saturated heterocycles. The van der Waals surface area contributed by atoms with Crippen molar-refractivity contribution in [2.24, 2.45) is 0 Å². The standard InChI is InChI=1S/C23H36N2O4/c1-22(24-20(26)18-28-2)13-17-29-23(21(22)27)11-15-25(16-12-23)14-7-6-10-19-8-4-3-5-9-19/h3-5,8-9,21,27H,6-7,10-18H2,1-2H3,(H,24,26)/t21-,22+/m0/s1. The van der Waals surface area contributed by atoms with Crippen LogP contribution in [0.15, 0.2) is 30.3 Å². The van der Waals surface area contributed by atoms with Gasteiger partial charge in [-0.25, -0.2) is 0 Å². The van der Waals surface area contributed by atoms with Gasteiger partial charge < -0.3 is 24.8 Å². The molecule has 0 saturated carbocycles. The average Bonchev–Trinajstić information content (AvgIpc) is 2.72. The summed E-state index contributed by atoms with van der Waals surface area (Å²) in [7, 11) is 1.50. The van der Waals surface area contributed by atoms with E-state index >= 15 is 0 Å². The Bertz CT molecular complexity index is 646. The number of rotatable bonds is 8. The predicted molar refractivity (Wildman–Crippen MR) is 113 cm³/mol. The lowest BCUT2D eigenvalue weighted by Gasteiger charge is -2.53. The SMILES string of the molecule is COCC(=O)N[C@]1(C)CCOC2(CCN(CCCCc3ccccc3)CC2)[C@H]1O. The summed E-state index contributed by atoms with van der Waals surface area (Å²) in [4.78, 5) is 14.5. The van der Waals surface area contributed by atoms with Crippen LogP contribution in [0.1, 0.15) is 44.6 Å². The van der Waals surface area contributed by atoms with Crippen LogP contribution in [0.2, 0.25) is 0 Å². The van der Waals surface area contributed by atoms with Crippen LogP contribution >= 0.6 is 0 Å². The molecule has 162 valence electrons. The van der Waals surface area contributed by atoms with E-state index in [1.54, 1.807) is 0 Å². The topological polar surface area (TPSA) is 71.0 Å². The van der Waals surface area contributed by atoms with E-state index in [4.69, 9.17) is 9.47 Å². The molecule has 2 N–H and O–H groups in total. The fraction of sp³-hybridized carbons (Fsp3) is 0.696. The highest BCUT2D eigenvalue weighted by Gasteiger charge is 2.53. The van der Waals surface area contributed by atoms with Gasteiger partial charge in [-0.15, -0.1) is 0 Å². The summed E-state index contributed by atoms with van der Waals surface area (Å²) in [5.41, 5.74) is 0.165. The number of nitrogens with one attached hydrogen (secondary N) is 1. The van der Waals surface area contributed by atoms with E-state index in [0.29, 0.717) is 13.0 Å². The first kappa shape index (κ1) is 22.2. The number of nitrogens with zero attached hydrogens (tertiary/aromatic N) is 1.